The Bertz CT molecular complexity index is 250. The normalized spacial score (nSPS) is 22.2. The molecule has 1 aliphatic rings. The quantitative estimate of drug-likeness (QED) is 0.686. The summed E-state index contributed by atoms with van der Waals surface area (Å²) >= 11 is 0. The van der Waals surface area contributed by atoms with Gasteiger partial charge in [-0.2, -0.15) is 0 Å². The average Bonchev–Trinajstić information content (AvgIpc) is 2.58. The van der Waals surface area contributed by atoms with Gasteiger partial charge >= 0.3 is 0 Å². The Hall–Kier alpha value is -0.153. The Morgan fingerprint density at radius 3 is 1.82 bits per heavy atom. The molecule has 1 atom stereocenters. The number of rotatable bonds is 5. The fourth-order valence-corrected chi connectivity index (χ4v) is 9.17. The van der Waals surface area contributed by atoms with Crippen molar-refractivity contribution in [2.24, 2.45) is 0 Å². The maximum absolute atomic E-state index is 11.4. The lowest BCUT2D eigenvalue weighted by Gasteiger charge is -2.44. The van der Waals surface area contributed by atoms with E-state index in [0.29, 0.717) is 28.8 Å². The maximum Gasteiger partial charge on any atom is 0.200 e. The molecule has 1 aliphatic carbocycles. The summed E-state index contributed by atoms with van der Waals surface area (Å²) in [7, 11) is -1.77. The van der Waals surface area contributed by atoms with Crippen LogP contribution in [0.25, 0.3) is 0 Å². The van der Waals surface area contributed by atoms with Crippen LogP contribution in [-0.4, -0.2) is 20.2 Å². The van der Waals surface area contributed by atoms with Gasteiger partial charge in [0, 0.05) is 12.8 Å². The molecule has 1 fully saturated rings. The first-order valence-electron chi connectivity index (χ1n) is 7.00. The second-order valence-electron chi connectivity index (χ2n) is 6.34. The summed E-state index contributed by atoms with van der Waals surface area (Å²) in [5, 5.41) is 0. The van der Waals surface area contributed by atoms with Crippen LogP contribution in [0.3, 0.4) is 0 Å². The molecule has 0 amide bonds. The van der Waals surface area contributed by atoms with Crippen LogP contribution in [0.5, 0.6) is 0 Å². The second-order valence-corrected chi connectivity index (χ2v) is 11.7. The fourth-order valence-electron chi connectivity index (χ4n) is 3.58. The van der Waals surface area contributed by atoms with Crippen molar-refractivity contribution in [3.05, 3.63) is 0 Å². The third-order valence-corrected chi connectivity index (χ3v) is 10.4. The molecule has 3 heteroatoms. The molecule has 0 radical (unpaired) electrons. The van der Waals surface area contributed by atoms with Crippen molar-refractivity contribution in [3.63, 3.8) is 0 Å². The third kappa shape index (κ3) is 3.00. The first-order valence-corrected chi connectivity index (χ1v) is 9.14. The Labute approximate surface area is 107 Å². The predicted octanol–water partition coefficient (Wildman–Crippen LogP) is 4.30. The molecule has 1 rings (SSSR count). The van der Waals surface area contributed by atoms with Crippen molar-refractivity contribution in [2.45, 2.75) is 83.5 Å². The maximum atomic E-state index is 11.4. The van der Waals surface area contributed by atoms with Gasteiger partial charge < -0.3 is 4.43 Å². The molecule has 17 heavy (non-hydrogen) atoms. The largest absolute Gasteiger partial charge is 0.413 e. The van der Waals surface area contributed by atoms with Crippen molar-refractivity contribution >= 4 is 14.1 Å². The Morgan fingerprint density at radius 2 is 1.53 bits per heavy atom. The van der Waals surface area contributed by atoms with E-state index < -0.39 is 8.32 Å². The van der Waals surface area contributed by atoms with Crippen LogP contribution in [0.4, 0.5) is 0 Å². The molecule has 0 aromatic rings. The number of hydrogen-bond acceptors (Lipinski definition) is 2. The lowest BCUT2D eigenvalue weighted by molar-refractivity contribution is -0.117. The Morgan fingerprint density at radius 1 is 1.06 bits per heavy atom. The minimum absolute atomic E-state index is 0.210. The van der Waals surface area contributed by atoms with E-state index in [-0.39, 0.29) is 6.10 Å². The molecule has 0 aromatic carbocycles. The van der Waals surface area contributed by atoms with E-state index in [0.717, 1.165) is 12.8 Å². The van der Waals surface area contributed by atoms with E-state index in [4.69, 9.17) is 4.43 Å². The average molecular weight is 256 g/mol. The smallest absolute Gasteiger partial charge is 0.200 e. The monoisotopic (exact) mass is 256 g/mol. The van der Waals surface area contributed by atoms with Gasteiger partial charge in [0.1, 0.15) is 5.78 Å². The summed E-state index contributed by atoms with van der Waals surface area (Å²) in [6.07, 6.45) is 2.53. The minimum Gasteiger partial charge on any atom is -0.413 e. The first-order chi connectivity index (χ1) is 7.80. The van der Waals surface area contributed by atoms with Crippen molar-refractivity contribution in [3.8, 4) is 0 Å². The molecule has 0 aliphatic heterocycles. The lowest BCUT2D eigenvalue weighted by Crippen LogP contribution is -2.49. The van der Waals surface area contributed by atoms with E-state index >= 15 is 0 Å². The van der Waals surface area contributed by atoms with Gasteiger partial charge in [-0.25, -0.2) is 0 Å². The van der Waals surface area contributed by atoms with E-state index in [9.17, 15) is 4.79 Å². The van der Waals surface area contributed by atoms with Crippen LogP contribution in [-0.2, 0) is 9.22 Å². The Balaban J connectivity index is 2.86. The highest BCUT2D eigenvalue weighted by Crippen LogP contribution is 2.44. The second kappa shape index (κ2) is 5.66. The van der Waals surface area contributed by atoms with Crippen LogP contribution in [0.15, 0.2) is 0 Å². The van der Waals surface area contributed by atoms with E-state index in [1.165, 1.54) is 0 Å². The van der Waals surface area contributed by atoms with Crippen molar-refractivity contribution in [1.82, 2.24) is 0 Å². The van der Waals surface area contributed by atoms with Gasteiger partial charge in [0.05, 0.1) is 6.10 Å². The zero-order chi connectivity index (χ0) is 13.2. The molecule has 1 unspecified atom stereocenters. The highest BCUT2D eigenvalue weighted by atomic mass is 28.4. The van der Waals surface area contributed by atoms with Gasteiger partial charge in [0.15, 0.2) is 0 Å². The minimum atomic E-state index is -1.77. The SMILES string of the molecule is CC(C)[Si](OC1CCC(=O)C1)(C(C)C)C(C)C. The van der Waals surface area contributed by atoms with Gasteiger partial charge in [0.2, 0.25) is 8.32 Å². The van der Waals surface area contributed by atoms with Crippen LogP contribution < -0.4 is 0 Å². The molecule has 0 aromatic heterocycles. The summed E-state index contributed by atoms with van der Waals surface area (Å²) in [6.45, 7) is 13.8. The molecule has 0 heterocycles. The fraction of sp³-hybridized carbons (Fsp3) is 0.929. The van der Waals surface area contributed by atoms with E-state index in [1.807, 2.05) is 0 Å². The van der Waals surface area contributed by atoms with Crippen molar-refractivity contribution in [2.75, 3.05) is 0 Å². The standard InChI is InChI=1S/C14H28O2Si/c1-10(2)17(11(3)4,12(5)6)16-14-8-7-13(15)9-14/h10-12,14H,7-9H2,1-6H3. The van der Waals surface area contributed by atoms with Crippen LogP contribution in [0.1, 0.15) is 60.8 Å². The molecule has 0 bridgehead atoms. The number of hydrogen-bond donors (Lipinski definition) is 0. The molecule has 1 saturated carbocycles. The number of carbonyl (C=O) groups excluding carboxylic acids is 1. The van der Waals surface area contributed by atoms with Crippen molar-refractivity contribution < 1.29 is 9.22 Å². The van der Waals surface area contributed by atoms with Crippen LogP contribution >= 0.6 is 0 Å². The summed E-state index contributed by atoms with van der Waals surface area (Å²) in [5.74, 6) is 0.383. The molecule has 0 spiro atoms. The van der Waals surface area contributed by atoms with E-state index in [1.54, 1.807) is 0 Å². The van der Waals surface area contributed by atoms with E-state index in [2.05, 4.69) is 41.5 Å². The first kappa shape index (κ1) is 14.9. The summed E-state index contributed by atoms with van der Waals surface area (Å²) in [6, 6.07) is 0. The van der Waals surface area contributed by atoms with Crippen LogP contribution in [0.2, 0.25) is 16.6 Å². The zero-order valence-corrected chi connectivity index (χ0v) is 13.2. The lowest BCUT2D eigenvalue weighted by atomic mass is 10.3. The van der Waals surface area contributed by atoms with Gasteiger partial charge in [-0.05, 0) is 23.0 Å². The number of carbonyl (C=O) groups is 1. The molecular formula is C14H28O2Si. The van der Waals surface area contributed by atoms with Gasteiger partial charge in [-0.3, -0.25) is 4.79 Å². The summed E-state index contributed by atoms with van der Waals surface area (Å²) < 4.78 is 6.57. The molecule has 0 saturated heterocycles. The molecular weight excluding hydrogens is 228 g/mol. The predicted molar refractivity (Wildman–Crippen MR) is 74.8 cm³/mol. The number of ketones is 1. The highest BCUT2D eigenvalue weighted by molar-refractivity contribution is 6.77. The van der Waals surface area contributed by atoms with Crippen molar-refractivity contribution in [1.29, 1.82) is 0 Å². The highest BCUT2D eigenvalue weighted by Gasteiger charge is 2.47. The topological polar surface area (TPSA) is 26.3 Å². The van der Waals surface area contributed by atoms with Crippen LogP contribution in [0, 0.1) is 0 Å². The molecule has 0 N–H and O–H groups in total. The number of Topliss-reactive ketones (excluding diaryl/α,β-unsaturated/α-hetero) is 1. The summed E-state index contributed by atoms with van der Waals surface area (Å²) in [5.41, 5.74) is 1.83. The molecule has 2 nitrogen and oxygen atoms in total. The summed E-state index contributed by atoms with van der Waals surface area (Å²) in [4.78, 5) is 11.4. The zero-order valence-electron chi connectivity index (χ0n) is 12.2. The Kier molecular flexibility index (Phi) is 4.96. The molecule has 100 valence electrons. The van der Waals surface area contributed by atoms with Gasteiger partial charge in [0.25, 0.3) is 0 Å². The van der Waals surface area contributed by atoms with Gasteiger partial charge in [-0.15, -0.1) is 0 Å². The third-order valence-electron chi connectivity index (χ3n) is 4.28. The van der Waals surface area contributed by atoms with Gasteiger partial charge in [-0.1, -0.05) is 41.5 Å².